The SMILES string of the molecule is COc1ccc(-c2nc3scc(-c4cccs4)n3c2C=O)cc1OC. The summed E-state index contributed by atoms with van der Waals surface area (Å²) in [5.74, 6) is 1.24. The molecule has 0 N–H and O–H groups in total. The van der Waals surface area contributed by atoms with Gasteiger partial charge in [-0.15, -0.1) is 22.7 Å². The highest BCUT2D eigenvalue weighted by molar-refractivity contribution is 7.17. The quantitative estimate of drug-likeness (QED) is 0.481. The second kappa shape index (κ2) is 6.34. The summed E-state index contributed by atoms with van der Waals surface area (Å²) in [7, 11) is 3.18. The number of hydrogen-bond donors (Lipinski definition) is 0. The number of imidazole rings is 1. The van der Waals surface area contributed by atoms with Gasteiger partial charge in [-0.1, -0.05) is 6.07 Å². The largest absolute Gasteiger partial charge is 0.493 e. The van der Waals surface area contributed by atoms with Crippen LogP contribution in [0, 0.1) is 0 Å². The van der Waals surface area contributed by atoms with E-state index in [1.54, 1.807) is 25.6 Å². The van der Waals surface area contributed by atoms with Crippen LogP contribution in [0.2, 0.25) is 0 Å². The molecule has 0 spiro atoms. The van der Waals surface area contributed by atoms with Crippen molar-refractivity contribution >= 4 is 33.9 Å². The Bertz CT molecular complexity index is 1050. The molecule has 1 aromatic carbocycles. The number of methoxy groups -OCH3 is 2. The molecule has 0 aliphatic rings. The Morgan fingerprint density at radius 2 is 1.96 bits per heavy atom. The fraction of sp³-hybridized carbons (Fsp3) is 0.111. The maximum absolute atomic E-state index is 11.9. The van der Waals surface area contributed by atoms with E-state index in [1.165, 1.54) is 11.3 Å². The number of thiazole rings is 1. The van der Waals surface area contributed by atoms with Gasteiger partial charge < -0.3 is 9.47 Å². The number of carbonyl (C=O) groups excluding carboxylic acids is 1. The van der Waals surface area contributed by atoms with Gasteiger partial charge in [-0.05, 0) is 29.6 Å². The molecular weight excluding hydrogens is 356 g/mol. The normalized spacial score (nSPS) is 11.0. The average molecular weight is 370 g/mol. The maximum Gasteiger partial charge on any atom is 0.195 e. The van der Waals surface area contributed by atoms with Crippen molar-refractivity contribution in [1.82, 2.24) is 9.38 Å². The number of hydrogen-bond acceptors (Lipinski definition) is 6. The molecule has 0 fully saturated rings. The van der Waals surface area contributed by atoms with Crippen molar-refractivity contribution in [2.24, 2.45) is 0 Å². The minimum absolute atomic E-state index is 0.534. The number of thiophene rings is 1. The minimum atomic E-state index is 0.534. The molecule has 0 bridgehead atoms. The summed E-state index contributed by atoms with van der Waals surface area (Å²) in [4.78, 5) is 18.4. The molecule has 0 aliphatic carbocycles. The van der Waals surface area contributed by atoms with E-state index in [1.807, 2.05) is 45.5 Å². The molecule has 4 aromatic rings. The fourth-order valence-corrected chi connectivity index (χ4v) is 4.48. The molecule has 0 unspecified atom stereocenters. The number of benzene rings is 1. The van der Waals surface area contributed by atoms with Crippen LogP contribution in [0.4, 0.5) is 0 Å². The van der Waals surface area contributed by atoms with E-state index >= 15 is 0 Å². The minimum Gasteiger partial charge on any atom is -0.493 e. The number of fused-ring (bicyclic) bond motifs is 1. The van der Waals surface area contributed by atoms with Crippen LogP contribution in [-0.2, 0) is 0 Å². The number of carbonyl (C=O) groups is 1. The van der Waals surface area contributed by atoms with Crippen LogP contribution < -0.4 is 9.47 Å². The van der Waals surface area contributed by atoms with E-state index < -0.39 is 0 Å². The summed E-state index contributed by atoms with van der Waals surface area (Å²) in [5.41, 5.74) is 2.97. The number of aldehydes is 1. The smallest absolute Gasteiger partial charge is 0.195 e. The number of ether oxygens (including phenoxy) is 2. The van der Waals surface area contributed by atoms with Crippen molar-refractivity contribution in [3.8, 4) is 33.3 Å². The molecule has 3 aromatic heterocycles. The van der Waals surface area contributed by atoms with Crippen LogP contribution in [0.15, 0.2) is 41.1 Å². The monoisotopic (exact) mass is 370 g/mol. The molecule has 0 amide bonds. The van der Waals surface area contributed by atoms with Gasteiger partial charge in [0.2, 0.25) is 0 Å². The lowest BCUT2D eigenvalue weighted by atomic mass is 10.1. The number of rotatable bonds is 5. The third-order valence-corrected chi connectivity index (χ3v) is 5.66. The second-order valence-corrected chi connectivity index (χ2v) is 7.03. The molecule has 25 heavy (non-hydrogen) atoms. The lowest BCUT2D eigenvalue weighted by Crippen LogP contribution is -1.95. The number of aromatic nitrogens is 2. The summed E-state index contributed by atoms with van der Waals surface area (Å²) < 4.78 is 12.6. The highest BCUT2D eigenvalue weighted by Gasteiger charge is 2.20. The van der Waals surface area contributed by atoms with E-state index in [9.17, 15) is 4.79 Å². The van der Waals surface area contributed by atoms with Crippen LogP contribution >= 0.6 is 22.7 Å². The zero-order valence-corrected chi connectivity index (χ0v) is 15.2. The third kappa shape index (κ3) is 2.52. The van der Waals surface area contributed by atoms with E-state index in [0.717, 1.165) is 27.4 Å². The van der Waals surface area contributed by atoms with E-state index in [0.29, 0.717) is 22.9 Å². The summed E-state index contributed by atoms with van der Waals surface area (Å²) in [6, 6.07) is 9.57. The molecule has 0 saturated heterocycles. The Kier molecular flexibility index (Phi) is 4.03. The van der Waals surface area contributed by atoms with E-state index in [2.05, 4.69) is 4.98 Å². The van der Waals surface area contributed by atoms with Gasteiger partial charge in [0.25, 0.3) is 0 Å². The van der Waals surface area contributed by atoms with Crippen molar-refractivity contribution in [2.75, 3.05) is 14.2 Å². The fourth-order valence-electron chi connectivity index (χ4n) is 2.78. The zero-order valence-electron chi connectivity index (χ0n) is 13.6. The molecule has 7 heteroatoms. The summed E-state index contributed by atoms with van der Waals surface area (Å²) in [5, 5.41) is 4.05. The van der Waals surface area contributed by atoms with E-state index in [4.69, 9.17) is 9.47 Å². The van der Waals surface area contributed by atoms with Gasteiger partial charge in [-0.2, -0.15) is 0 Å². The Labute approximate surface area is 152 Å². The Balaban J connectivity index is 1.93. The first-order valence-corrected chi connectivity index (χ1v) is 9.24. The van der Waals surface area contributed by atoms with Gasteiger partial charge in [0, 0.05) is 10.9 Å². The van der Waals surface area contributed by atoms with Crippen molar-refractivity contribution in [3.63, 3.8) is 0 Å². The highest BCUT2D eigenvalue weighted by atomic mass is 32.1. The van der Waals surface area contributed by atoms with Gasteiger partial charge in [-0.3, -0.25) is 9.20 Å². The molecular formula is C18H14N2O3S2. The van der Waals surface area contributed by atoms with E-state index in [-0.39, 0.29) is 0 Å². The summed E-state index contributed by atoms with van der Waals surface area (Å²) >= 11 is 3.15. The maximum atomic E-state index is 11.9. The predicted molar refractivity (Wildman–Crippen MR) is 100 cm³/mol. The van der Waals surface area contributed by atoms with Crippen molar-refractivity contribution in [2.45, 2.75) is 0 Å². The Hall–Kier alpha value is -2.64. The zero-order chi connectivity index (χ0) is 17.4. The van der Waals surface area contributed by atoms with Crippen LogP contribution in [0.5, 0.6) is 11.5 Å². The average Bonchev–Trinajstić information content (AvgIpc) is 3.36. The Morgan fingerprint density at radius 3 is 2.64 bits per heavy atom. The molecule has 4 rings (SSSR count). The van der Waals surface area contributed by atoms with Crippen molar-refractivity contribution in [1.29, 1.82) is 0 Å². The lowest BCUT2D eigenvalue weighted by molar-refractivity contribution is 0.111. The van der Waals surface area contributed by atoms with Gasteiger partial charge in [0.1, 0.15) is 11.4 Å². The molecule has 0 atom stereocenters. The first-order valence-electron chi connectivity index (χ1n) is 7.48. The second-order valence-electron chi connectivity index (χ2n) is 5.25. The molecule has 0 radical (unpaired) electrons. The van der Waals surface area contributed by atoms with Crippen LogP contribution in [-0.4, -0.2) is 29.9 Å². The highest BCUT2D eigenvalue weighted by Crippen LogP contribution is 2.36. The van der Waals surface area contributed by atoms with Crippen molar-refractivity contribution in [3.05, 3.63) is 46.8 Å². The first kappa shape index (κ1) is 15.9. The first-order chi connectivity index (χ1) is 12.3. The molecule has 126 valence electrons. The molecule has 0 aliphatic heterocycles. The van der Waals surface area contributed by atoms with Gasteiger partial charge >= 0.3 is 0 Å². The van der Waals surface area contributed by atoms with Crippen LogP contribution in [0.1, 0.15) is 10.5 Å². The molecule has 0 saturated carbocycles. The third-order valence-electron chi connectivity index (χ3n) is 3.94. The summed E-state index contributed by atoms with van der Waals surface area (Å²) in [6.07, 6.45) is 0.857. The lowest BCUT2D eigenvalue weighted by Gasteiger charge is -2.09. The van der Waals surface area contributed by atoms with Crippen LogP contribution in [0.25, 0.3) is 26.8 Å². The van der Waals surface area contributed by atoms with Gasteiger partial charge in [-0.25, -0.2) is 4.98 Å². The van der Waals surface area contributed by atoms with Crippen LogP contribution in [0.3, 0.4) is 0 Å². The standard InChI is InChI=1S/C18H14N2O3S2/c1-22-14-6-5-11(8-15(14)23-2)17-12(9-21)20-13(10-25-18(20)19-17)16-4-3-7-24-16/h3-10H,1-2H3. The topological polar surface area (TPSA) is 52.8 Å². The summed E-state index contributed by atoms with van der Waals surface area (Å²) in [6.45, 7) is 0. The number of nitrogens with zero attached hydrogens (tertiary/aromatic N) is 2. The predicted octanol–water partition coefficient (Wildman–Crippen LogP) is 4.62. The molecule has 5 nitrogen and oxygen atoms in total. The van der Waals surface area contributed by atoms with Gasteiger partial charge in [0.05, 0.1) is 24.8 Å². The molecule has 3 heterocycles. The van der Waals surface area contributed by atoms with Crippen molar-refractivity contribution < 1.29 is 14.3 Å². The van der Waals surface area contributed by atoms with Gasteiger partial charge in [0.15, 0.2) is 22.7 Å². The Morgan fingerprint density at radius 1 is 1.12 bits per heavy atom.